The molecule has 0 aliphatic carbocycles. The Kier molecular flexibility index (Phi) is 5.72. The van der Waals surface area contributed by atoms with Crippen molar-refractivity contribution in [2.75, 3.05) is 7.11 Å². The maximum absolute atomic E-state index is 13.0. The van der Waals surface area contributed by atoms with Gasteiger partial charge in [-0.25, -0.2) is 4.79 Å². The van der Waals surface area contributed by atoms with Crippen LogP contribution >= 0.6 is 0 Å². The molecule has 7 nitrogen and oxygen atoms in total. The van der Waals surface area contributed by atoms with Gasteiger partial charge in [0.05, 0.1) is 18.2 Å². The molecule has 2 aromatic heterocycles. The van der Waals surface area contributed by atoms with Gasteiger partial charge in [-0.3, -0.25) is 4.79 Å². The molecule has 0 atom stereocenters. The van der Waals surface area contributed by atoms with E-state index in [1.165, 1.54) is 4.57 Å². The summed E-state index contributed by atoms with van der Waals surface area (Å²) in [5, 5.41) is 10.4. The van der Waals surface area contributed by atoms with E-state index in [0.717, 1.165) is 5.56 Å². The van der Waals surface area contributed by atoms with Gasteiger partial charge >= 0.3 is 5.97 Å². The van der Waals surface area contributed by atoms with Crippen LogP contribution in [0.4, 0.5) is 0 Å². The minimum atomic E-state index is -1.23. The highest BCUT2D eigenvalue weighted by molar-refractivity contribution is 6.07. The van der Waals surface area contributed by atoms with Gasteiger partial charge in [0.2, 0.25) is 0 Å². The number of aromatic amines is 1. The van der Waals surface area contributed by atoms with Crippen molar-refractivity contribution < 1.29 is 19.4 Å². The van der Waals surface area contributed by atoms with Gasteiger partial charge in [-0.15, -0.1) is 0 Å². The van der Waals surface area contributed by atoms with Gasteiger partial charge in [-0.2, -0.15) is 0 Å². The quantitative estimate of drug-likeness (QED) is 0.511. The molecular weight excluding hydrogens is 384 g/mol. The first-order valence-electron chi connectivity index (χ1n) is 9.39. The summed E-state index contributed by atoms with van der Waals surface area (Å²) in [6.07, 6.45) is 1.55. The number of benzene rings is 1. The molecule has 0 unspecified atom stereocenters. The zero-order valence-corrected chi connectivity index (χ0v) is 17.6. The summed E-state index contributed by atoms with van der Waals surface area (Å²) >= 11 is 0. The predicted molar refractivity (Wildman–Crippen MR) is 114 cm³/mol. The van der Waals surface area contributed by atoms with Crippen LogP contribution in [-0.2, 0) is 18.4 Å². The summed E-state index contributed by atoms with van der Waals surface area (Å²) in [6, 6.07) is 7.26. The van der Waals surface area contributed by atoms with E-state index >= 15 is 0 Å². The van der Waals surface area contributed by atoms with Crippen LogP contribution in [0.25, 0.3) is 10.9 Å². The van der Waals surface area contributed by atoms with Crippen molar-refractivity contribution in [3.8, 4) is 17.6 Å². The first-order valence-corrected chi connectivity index (χ1v) is 9.39. The molecule has 0 aliphatic rings. The van der Waals surface area contributed by atoms with Crippen molar-refractivity contribution in [3.63, 3.8) is 0 Å². The number of aliphatic hydroxyl groups is 1. The Labute approximate surface area is 174 Å². The molecule has 0 fully saturated rings. The summed E-state index contributed by atoms with van der Waals surface area (Å²) in [5.41, 5.74) is 0.679. The number of pyridine rings is 1. The van der Waals surface area contributed by atoms with Crippen LogP contribution in [-0.4, -0.2) is 33.3 Å². The molecule has 0 saturated heterocycles. The van der Waals surface area contributed by atoms with E-state index in [-0.39, 0.29) is 23.2 Å². The van der Waals surface area contributed by atoms with Crippen molar-refractivity contribution in [1.82, 2.24) is 9.55 Å². The van der Waals surface area contributed by atoms with Crippen molar-refractivity contribution >= 4 is 16.9 Å². The van der Waals surface area contributed by atoms with Crippen LogP contribution in [0.3, 0.4) is 0 Å². The number of aromatic nitrogens is 2. The standard InChI is InChI=1S/C23H24N2O5/c1-14-18(22(27)30-13-16-8-6-7-9-17(16)29-5)19-15(10-11-23(2,3)28)12-25(4)21(26)20(19)24-14/h6-9,12,24,28H,13H2,1-5H3. The Morgan fingerprint density at radius 1 is 1.30 bits per heavy atom. The zero-order valence-electron chi connectivity index (χ0n) is 17.6. The largest absolute Gasteiger partial charge is 0.496 e. The molecule has 2 heterocycles. The second kappa shape index (κ2) is 8.09. The third kappa shape index (κ3) is 4.24. The number of rotatable bonds is 4. The van der Waals surface area contributed by atoms with E-state index in [4.69, 9.17) is 9.47 Å². The minimum absolute atomic E-state index is 0.0183. The Morgan fingerprint density at radius 3 is 2.67 bits per heavy atom. The van der Waals surface area contributed by atoms with Crippen LogP contribution in [0.15, 0.2) is 35.3 Å². The predicted octanol–water partition coefficient (Wildman–Crippen LogP) is 2.66. The summed E-state index contributed by atoms with van der Waals surface area (Å²) in [7, 11) is 3.15. The van der Waals surface area contributed by atoms with Crippen LogP contribution < -0.4 is 10.3 Å². The lowest BCUT2D eigenvalue weighted by Crippen LogP contribution is -2.18. The van der Waals surface area contributed by atoms with Crippen LogP contribution in [0.1, 0.15) is 41.0 Å². The van der Waals surface area contributed by atoms with Crippen LogP contribution in [0.5, 0.6) is 5.75 Å². The van der Waals surface area contributed by atoms with Gasteiger partial charge in [-0.05, 0) is 26.8 Å². The lowest BCUT2D eigenvalue weighted by molar-refractivity contribution is 0.0471. The maximum atomic E-state index is 13.0. The Morgan fingerprint density at radius 2 is 2.00 bits per heavy atom. The normalized spacial score (nSPS) is 11.1. The number of esters is 1. The summed E-state index contributed by atoms with van der Waals surface area (Å²) in [6.45, 7) is 4.84. The number of para-hydroxylation sites is 1. The third-order valence-electron chi connectivity index (χ3n) is 4.57. The van der Waals surface area contributed by atoms with Crippen molar-refractivity contribution in [1.29, 1.82) is 0 Å². The molecule has 0 radical (unpaired) electrons. The van der Waals surface area contributed by atoms with Crippen molar-refractivity contribution in [3.05, 3.63) is 63.2 Å². The number of aryl methyl sites for hydroxylation is 2. The number of hydrogen-bond acceptors (Lipinski definition) is 5. The summed E-state index contributed by atoms with van der Waals surface area (Å²) in [4.78, 5) is 28.6. The van der Waals surface area contributed by atoms with E-state index in [1.54, 1.807) is 47.2 Å². The minimum Gasteiger partial charge on any atom is -0.496 e. The molecule has 1 aromatic carbocycles. The molecule has 3 rings (SSSR count). The number of hydrogen-bond donors (Lipinski definition) is 2. The Bertz CT molecular complexity index is 1230. The number of nitrogens with zero attached hydrogens (tertiary/aromatic N) is 1. The molecule has 0 amide bonds. The topological polar surface area (TPSA) is 93.5 Å². The fourth-order valence-corrected chi connectivity index (χ4v) is 3.16. The second-order valence-corrected chi connectivity index (χ2v) is 7.53. The van der Waals surface area contributed by atoms with Crippen LogP contribution in [0.2, 0.25) is 0 Å². The maximum Gasteiger partial charge on any atom is 0.340 e. The smallest absolute Gasteiger partial charge is 0.340 e. The van der Waals surface area contributed by atoms with E-state index in [2.05, 4.69) is 16.8 Å². The van der Waals surface area contributed by atoms with E-state index in [0.29, 0.717) is 22.4 Å². The first-order chi connectivity index (χ1) is 14.1. The number of carbonyl (C=O) groups excluding carboxylic acids is 1. The average molecular weight is 408 g/mol. The lowest BCUT2D eigenvalue weighted by Gasteiger charge is -2.10. The Hall–Kier alpha value is -3.50. The van der Waals surface area contributed by atoms with E-state index in [1.807, 2.05) is 18.2 Å². The molecule has 30 heavy (non-hydrogen) atoms. The second-order valence-electron chi connectivity index (χ2n) is 7.53. The van der Waals surface area contributed by atoms with Crippen LogP contribution in [0, 0.1) is 18.8 Å². The van der Waals surface area contributed by atoms with Gasteiger partial charge in [-0.1, -0.05) is 30.0 Å². The summed E-state index contributed by atoms with van der Waals surface area (Å²) in [5.74, 6) is 5.66. The van der Waals surface area contributed by atoms with Gasteiger partial charge in [0.25, 0.3) is 5.56 Å². The number of fused-ring (bicyclic) bond motifs is 1. The first kappa shape index (κ1) is 21.2. The van der Waals surface area contributed by atoms with Crippen molar-refractivity contribution in [2.45, 2.75) is 33.0 Å². The molecule has 0 aliphatic heterocycles. The van der Waals surface area contributed by atoms with Gasteiger partial charge in [0.15, 0.2) is 0 Å². The molecular formula is C23H24N2O5. The molecule has 7 heteroatoms. The average Bonchev–Trinajstić information content (AvgIpc) is 3.05. The monoisotopic (exact) mass is 408 g/mol. The molecule has 156 valence electrons. The van der Waals surface area contributed by atoms with Crippen molar-refractivity contribution in [2.24, 2.45) is 7.05 Å². The van der Waals surface area contributed by atoms with E-state index in [9.17, 15) is 14.7 Å². The highest BCUT2D eigenvalue weighted by Gasteiger charge is 2.23. The van der Waals surface area contributed by atoms with Gasteiger partial charge in [0, 0.05) is 29.9 Å². The number of methoxy groups -OCH3 is 1. The number of carbonyl (C=O) groups is 1. The molecule has 0 bridgehead atoms. The van der Waals surface area contributed by atoms with Gasteiger partial charge < -0.3 is 24.1 Å². The summed E-state index contributed by atoms with van der Waals surface area (Å²) < 4.78 is 12.2. The zero-order chi connectivity index (χ0) is 22.1. The molecule has 0 saturated carbocycles. The highest BCUT2D eigenvalue weighted by atomic mass is 16.5. The number of H-pyrrole nitrogens is 1. The molecule has 2 N–H and O–H groups in total. The lowest BCUT2D eigenvalue weighted by atomic mass is 10.1. The third-order valence-corrected chi connectivity index (χ3v) is 4.57. The number of ether oxygens (including phenoxy) is 2. The molecule has 3 aromatic rings. The SMILES string of the molecule is COc1ccccc1COC(=O)c1c(C)[nH]c2c(=O)n(C)cc(C#CC(C)(C)O)c12. The molecule has 0 spiro atoms. The fraction of sp³-hybridized carbons (Fsp3) is 0.304. The van der Waals surface area contributed by atoms with E-state index < -0.39 is 11.6 Å². The highest BCUT2D eigenvalue weighted by Crippen LogP contribution is 2.25. The van der Waals surface area contributed by atoms with Gasteiger partial charge in [0.1, 0.15) is 23.5 Å². The fourth-order valence-electron chi connectivity index (χ4n) is 3.16. The number of nitrogens with one attached hydrogen (secondary N) is 1. The Balaban J connectivity index is 2.07.